The maximum Gasteiger partial charge on any atom is 0.406 e. The summed E-state index contributed by atoms with van der Waals surface area (Å²) in [7, 11) is 0. The van der Waals surface area contributed by atoms with E-state index in [0.717, 1.165) is 11.4 Å². The van der Waals surface area contributed by atoms with Crippen molar-refractivity contribution in [3.63, 3.8) is 0 Å². The third kappa shape index (κ3) is 4.84. The second kappa shape index (κ2) is 10.4. The van der Waals surface area contributed by atoms with Crippen LogP contribution < -0.4 is 32.3 Å². The second-order valence-electron chi connectivity index (χ2n) is 11.6. The normalized spacial score (nSPS) is 12.1. The number of para-hydroxylation sites is 2. The minimum Gasteiger partial charge on any atom is -0.404 e. The van der Waals surface area contributed by atoms with Gasteiger partial charge in [0.25, 0.3) is 0 Å². The van der Waals surface area contributed by atoms with Crippen molar-refractivity contribution in [2.75, 3.05) is 10.5 Å². The minimum absolute atomic E-state index is 0.0940. The van der Waals surface area contributed by atoms with Crippen LogP contribution in [0.25, 0.3) is 11.1 Å². The number of hydrogen-bond acceptors (Lipinski definition) is 2. The summed E-state index contributed by atoms with van der Waals surface area (Å²) in [6.45, 7) is 13.7. The Bertz CT molecular complexity index is 1580. The highest BCUT2D eigenvalue weighted by molar-refractivity contribution is 6.96. The molecular formula is C36H36B2N2. The van der Waals surface area contributed by atoms with Gasteiger partial charge in [-0.25, -0.2) is 0 Å². The van der Waals surface area contributed by atoms with Crippen molar-refractivity contribution in [3.8, 4) is 11.1 Å². The van der Waals surface area contributed by atoms with E-state index in [1.165, 1.54) is 66.4 Å². The fourth-order valence-corrected chi connectivity index (χ4v) is 6.76. The van der Waals surface area contributed by atoms with Crippen molar-refractivity contribution in [1.82, 2.24) is 0 Å². The maximum absolute atomic E-state index is 3.57. The molecule has 5 aromatic carbocycles. The first-order valence-electron chi connectivity index (χ1n) is 14.3. The monoisotopic (exact) mass is 518 g/mol. The van der Waals surface area contributed by atoms with Gasteiger partial charge in [-0.1, -0.05) is 135 Å². The van der Waals surface area contributed by atoms with E-state index < -0.39 is 0 Å². The Morgan fingerprint density at radius 1 is 0.500 bits per heavy atom. The highest BCUT2D eigenvalue weighted by Crippen LogP contribution is 2.27. The molecule has 0 radical (unpaired) electrons. The Labute approximate surface area is 240 Å². The molecule has 40 heavy (non-hydrogen) atoms. The van der Waals surface area contributed by atoms with E-state index in [1.807, 2.05) is 0 Å². The number of aryl methyl sites for hydroxylation is 6. The quantitative estimate of drug-likeness (QED) is 0.281. The van der Waals surface area contributed by atoms with E-state index in [2.05, 4.69) is 149 Å². The van der Waals surface area contributed by atoms with Gasteiger partial charge in [-0.3, -0.25) is 0 Å². The molecular weight excluding hydrogens is 482 g/mol. The van der Waals surface area contributed by atoms with Crippen molar-refractivity contribution in [3.05, 3.63) is 130 Å². The SMILES string of the molecule is Cc1cc(C)c(B(c2ccc(-c3ccc(B4Nc5ccccc5N4)cc3)cc2)c2c(C)cc(C)cc2C)c(C)c1. The van der Waals surface area contributed by atoms with Gasteiger partial charge in [0, 0.05) is 11.4 Å². The van der Waals surface area contributed by atoms with E-state index in [-0.39, 0.29) is 13.7 Å². The van der Waals surface area contributed by atoms with Gasteiger partial charge in [0.15, 0.2) is 0 Å². The minimum atomic E-state index is 0.0940. The van der Waals surface area contributed by atoms with Crippen molar-refractivity contribution in [2.24, 2.45) is 0 Å². The number of nitrogens with one attached hydrogen (secondary N) is 2. The molecule has 0 amide bonds. The Morgan fingerprint density at radius 2 is 0.900 bits per heavy atom. The third-order valence-electron chi connectivity index (χ3n) is 8.40. The molecule has 1 heterocycles. The van der Waals surface area contributed by atoms with Crippen molar-refractivity contribution in [2.45, 2.75) is 41.5 Å². The predicted molar refractivity (Wildman–Crippen MR) is 177 cm³/mol. The summed E-state index contributed by atoms with van der Waals surface area (Å²) in [6, 6.07) is 35.8. The lowest BCUT2D eigenvalue weighted by Crippen LogP contribution is -2.55. The van der Waals surface area contributed by atoms with Crippen LogP contribution in [0.4, 0.5) is 11.4 Å². The van der Waals surface area contributed by atoms with Crippen LogP contribution in [0, 0.1) is 41.5 Å². The molecule has 0 aliphatic carbocycles. The van der Waals surface area contributed by atoms with Gasteiger partial charge in [-0.05, 0) is 70.3 Å². The number of hydrogen-bond donors (Lipinski definition) is 2. The van der Waals surface area contributed by atoms with E-state index >= 15 is 0 Å². The zero-order valence-electron chi connectivity index (χ0n) is 24.4. The Kier molecular flexibility index (Phi) is 6.80. The van der Waals surface area contributed by atoms with E-state index in [1.54, 1.807) is 0 Å². The maximum atomic E-state index is 3.57. The van der Waals surface area contributed by atoms with Gasteiger partial charge >= 0.3 is 6.98 Å². The molecule has 5 aromatic rings. The molecule has 0 atom stereocenters. The van der Waals surface area contributed by atoms with Crippen LogP contribution in [0.15, 0.2) is 97.1 Å². The average molecular weight is 518 g/mol. The van der Waals surface area contributed by atoms with Crippen LogP contribution in [0.1, 0.15) is 33.4 Å². The molecule has 0 fully saturated rings. The largest absolute Gasteiger partial charge is 0.406 e. The molecule has 1 aliphatic heterocycles. The summed E-state index contributed by atoms with van der Waals surface area (Å²) in [5.74, 6) is 0. The number of anilines is 2. The van der Waals surface area contributed by atoms with Crippen LogP contribution in [0.5, 0.6) is 0 Å². The number of rotatable bonds is 5. The van der Waals surface area contributed by atoms with E-state index in [0.29, 0.717) is 0 Å². The van der Waals surface area contributed by atoms with Crippen LogP contribution in [-0.4, -0.2) is 13.7 Å². The van der Waals surface area contributed by atoms with Crippen LogP contribution >= 0.6 is 0 Å². The lowest BCUT2D eigenvalue weighted by atomic mass is 9.34. The van der Waals surface area contributed by atoms with Crippen LogP contribution in [0.3, 0.4) is 0 Å². The molecule has 4 heteroatoms. The predicted octanol–water partition coefficient (Wildman–Crippen LogP) is 5.95. The highest BCUT2D eigenvalue weighted by atomic mass is 15.0. The third-order valence-corrected chi connectivity index (χ3v) is 8.40. The van der Waals surface area contributed by atoms with Crippen LogP contribution in [0.2, 0.25) is 0 Å². The standard InChI is InChI=1S/C36H36B2N2/c1-23-19-25(3)35(26(4)20-23)37(36-27(5)21-24(2)22-28(36)6)31-15-11-29(12-16-31)30-13-17-32(18-14-30)38-39-33-9-7-8-10-34(33)40-38/h7-22,39-40H,1-6H3. The summed E-state index contributed by atoms with van der Waals surface area (Å²) in [4.78, 5) is 0. The molecule has 2 N–H and O–H groups in total. The summed E-state index contributed by atoms with van der Waals surface area (Å²) >= 11 is 0. The second-order valence-corrected chi connectivity index (χ2v) is 11.6. The first kappa shape index (κ1) is 26.1. The van der Waals surface area contributed by atoms with Gasteiger partial charge in [0.1, 0.15) is 0 Å². The molecule has 6 rings (SSSR count). The zero-order valence-corrected chi connectivity index (χ0v) is 24.4. The van der Waals surface area contributed by atoms with Crippen molar-refractivity contribution in [1.29, 1.82) is 0 Å². The molecule has 0 aromatic heterocycles. The van der Waals surface area contributed by atoms with Gasteiger partial charge in [-0.2, -0.15) is 0 Å². The molecule has 1 aliphatic rings. The van der Waals surface area contributed by atoms with Gasteiger partial charge in [0.2, 0.25) is 6.71 Å². The molecule has 0 bridgehead atoms. The fourth-order valence-electron chi connectivity index (χ4n) is 6.76. The Hall–Kier alpha value is -4.17. The summed E-state index contributed by atoms with van der Waals surface area (Å²) in [6.07, 6.45) is 0. The van der Waals surface area contributed by atoms with Crippen LogP contribution in [-0.2, 0) is 0 Å². The number of fused-ring (bicyclic) bond motifs is 1. The summed E-state index contributed by atoms with van der Waals surface area (Å²) in [5.41, 5.74) is 18.3. The molecule has 0 saturated carbocycles. The molecule has 196 valence electrons. The van der Waals surface area contributed by atoms with Gasteiger partial charge in [0.05, 0.1) is 0 Å². The molecule has 0 unspecified atom stereocenters. The summed E-state index contributed by atoms with van der Waals surface area (Å²) in [5, 5.41) is 7.15. The lowest BCUT2D eigenvalue weighted by Gasteiger charge is -2.24. The first-order chi connectivity index (χ1) is 19.3. The summed E-state index contributed by atoms with van der Waals surface area (Å²) < 4.78 is 0. The first-order valence-corrected chi connectivity index (χ1v) is 14.3. The molecule has 2 nitrogen and oxygen atoms in total. The van der Waals surface area contributed by atoms with E-state index in [9.17, 15) is 0 Å². The average Bonchev–Trinajstić information content (AvgIpc) is 3.36. The van der Waals surface area contributed by atoms with Crippen molar-refractivity contribution >= 4 is 46.9 Å². The fraction of sp³-hybridized carbons (Fsp3) is 0.167. The Morgan fingerprint density at radius 3 is 1.32 bits per heavy atom. The highest BCUT2D eigenvalue weighted by Gasteiger charge is 2.29. The van der Waals surface area contributed by atoms with E-state index in [4.69, 9.17) is 0 Å². The number of benzene rings is 5. The van der Waals surface area contributed by atoms with Gasteiger partial charge < -0.3 is 10.5 Å². The Balaban J connectivity index is 1.34. The van der Waals surface area contributed by atoms with Crippen molar-refractivity contribution < 1.29 is 0 Å². The molecule has 0 saturated heterocycles. The topological polar surface area (TPSA) is 24.1 Å². The molecule has 0 spiro atoms. The lowest BCUT2D eigenvalue weighted by molar-refractivity contribution is 1.34. The van der Waals surface area contributed by atoms with Gasteiger partial charge in [-0.15, -0.1) is 0 Å². The smallest absolute Gasteiger partial charge is 0.404 e. The zero-order chi connectivity index (χ0) is 28.0.